The smallest absolute Gasteiger partial charge is 0.317 e. The summed E-state index contributed by atoms with van der Waals surface area (Å²) in [6, 6.07) is 15.4. The lowest BCUT2D eigenvalue weighted by atomic mass is 10.1. The number of amides is 3. The molecule has 35 heavy (non-hydrogen) atoms. The number of nitrogens with one attached hydrogen (secondary N) is 3. The van der Waals surface area contributed by atoms with E-state index in [9.17, 15) is 9.59 Å². The van der Waals surface area contributed by atoms with Crippen molar-refractivity contribution in [2.24, 2.45) is 5.92 Å². The molecule has 5 rings (SSSR count). The maximum atomic E-state index is 12.6. The van der Waals surface area contributed by atoms with Crippen molar-refractivity contribution in [2.45, 2.75) is 13.8 Å². The van der Waals surface area contributed by atoms with E-state index in [1.165, 1.54) is 0 Å². The van der Waals surface area contributed by atoms with Crippen LogP contribution in [0.1, 0.15) is 24.2 Å². The second kappa shape index (κ2) is 9.61. The first-order valence-electron chi connectivity index (χ1n) is 11.9. The van der Waals surface area contributed by atoms with E-state index < -0.39 is 0 Å². The van der Waals surface area contributed by atoms with Crippen LogP contribution >= 0.6 is 0 Å². The molecule has 3 amide bonds. The van der Waals surface area contributed by atoms with Crippen molar-refractivity contribution in [3.63, 3.8) is 0 Å². The number of aromatic nitrogens is 3. The monoisotopic (exact) mass is 471 g/mol. The van der Waals surface area contributed by atoms with Gasteiger partial charge in [-0.2, -0.15) is 0 Å². The van der Waals surface area contributed by atoms with Crippen molar-refractivity contribution in [3.8, 4) is 11.3 Å². The lowest BCUT2D eigenvalue weighted by Gasteiger charge is -2.14. The van der Waals surface area contributed by atoms with E-state index in [0.29, 0.717) is 37.7 Å². The average Bonchev–Trinajstić information content (AvgIpc) is 3.49. The van der Waals surface area contributed by atoms with Crippen molar-refractivity contribution in [1.29, 1.82) is 0 Å². The number of rotatable bonds is 8. The zero-order valence-corrected chi connectivity index (χ0v) is 19.9. The Kier molecular flexibility index (Phi) is 6.22. The normalized spacial score (nSPS) is 13.6. The number of anilines is 1. The number of benzene rings is 2. The van der Waals surface area contributed by atoms with Gasteiger partial charge in [0.1, 0.15) is 0 Å². The summed E-state index contributed by atoms with van der Waals surface area (Å²) in [6.07, 6.45) is 1.85. The lowest BCUT2D eigenvalue weighted by molar-refractivity contribution is 0.0950. The molecule has 1 saturated heterocycles. The lowest BCUT2D eigenvalue weighted by Crippen LogP contribution is -2.36. The number of imidazole rings is 1. The van der Waals surface area contributed by atoms with Crippen LogP contribution in [0.4, 0.5) is 10.6 Å². The maximum Gasteiger partial charge on any atom is 0.317 e. The summed E-state index contributed by atoms with van der Waals surface area (Å²) in [4.78, 5) is 35.4. The molecule has 1 fully saturated rings. The SMILES string of the molecule is CC(C)CNc1nc2ccccc2n2c(-c3ccc(C(=O)NCCN4CCNC4=O)cc3)cnc12. The third-order valence-corrected chi connectivity index (χ3v) is 6.06. The van der Waals surface area contributed by atoms with Crippen LogP contribution in [0.25, 0.3) is 27.9 Å². The van der Waals surface area contributed by atoms with E-state index in [-0.39, 0.29) is 11.9 Å². The van der Waals surface area contributed by atoms with Crippen LogP contribution in [0, 0.1) is 5.92 Å². The highest BCUT2D eigenvalue weighted by Gasteiger charge is 2.19. The molecule has 0 atom stereocenters. The number of urea groups is 1. The Balaban J connectivity index is 1.39. The Labute approximate surface area is 203 Å². The summed E-state index contributed by atoms with van der Waals surface area (Å²) in [6.45, 7) is 7.33. The number of nitrogens with zero attached hydrogens (tertiary/aromatic N) is 4. The molecular weight excluding hydrogens is 442 g/mol. The van der Waals surface area contributed by atoms with Gasteiger partial charge in [-0.3, -0.25) is 9.20 Å². The molecule has 0 saturated carbocycles. The largest absolute Gasteiger partial charge is 0.367 e. The molecule has 2 aromatic carbocycles. The summed E-state index contributed by atoms with van der Waals surface area (Å²) in [7, 11) is 0. The quantitative estimate of drug-likeness (QED) is 0.366. The topological polar surface area (TPSA) is 104 Å². The fourth-order valence-corrected chi connectivity index (χ4v) is 4.23. The molecular formula is C26H29N7O2. The Morgan fingerprint density at radius 3 is 2.69 bits per heavy atom. The van der Waals surface area contributed by atoms with Gasteiger partial charge in [-0.1, -0.05) is 38.1 Å². The highest BCUT2D eigenvalue weighted by Crippen LogP contribution is 2.28. The average molecular weight is 472 g/mol. The third kappa shape index (κ3) is 4.62. The third-order valence-electron chi connectivity index (χ3n) is 6.06. The van der Waals surface area contributed by atoms with Gasteiger partial charge in [0.05, 0.1) is 22.9 Å². The van der Waals surface area contributed by atoms with E-state index in [2.05, 4.69) is 39.2 Å². The van der Waals surface area contributed by atoms with Crippen LogP contribution in [0.5, 0.6) is 0 Å². The van der Waals surface area contributed by atoms with Crippen molar-refractivity contribution < 1.29 is 9.59 Å². The molecule has 1 aliphatic rings. The molecule has 9 heteroatoms. The summed E-state index contributed by atoms with van der Waals surface area (Å²) in [5.41, 5.74) is 5.07. The minimum atomic E-state index is -0.163. The van der Waals surface area contributed by atoms with Gasteiger partial charge in [-0.25, -0.2) is 14.8 Å². The van der Waals surface area contributed by atoms with E-state index in [1.807, 2.05) is 54.7 Å². The molecule has 9 nitrogen and oxygen atoms in total. The summed E-state index contributed by atoms with van der Waals surface area (Å²) in [5.74, 6) is 1.07. The predicted octanol–water partition coefficient (Wildman–Crippen LogP) is 3.37. The van der Waals surface area contributed by atoms with Crippen LogP contribution in [0.15, 0.2) is 54.7 Å². The zero-order chi connectivity index (χ0) is 24.4. The molecule has 3 N–H and O–H groups in total. The maximum absolute atomic E-state index is 12.6. The van der Waals surface area contributed by atoms with Crippen molar-refractivity contribution in [3.05, 3.63) is 60.3 Å². The second-order valence-electron chi connectivity index (χ2n) is 9.08. The highest BCUT2D eigenvalue weighted by molar-refractivity contribution is 5.95. The summed E-state index contributed by atoms with van der Waals surface area (Å²) < 4.78 is 2.11. The number of fused-ring (bicyclic) bond motifs is 3. The first-order chi connectivity index (χ1) is 17.0. The number of carbonyl (C=O) groups is 2. The Morgan fingerprint density at radius 1 is 1.14 bits per heavy atom. The predicted molar refractivity (Wildman–Crippen MR) is 137 cm³/mol. The van der Waals surface area contributed by atoms with E-state index in [0.717, 1.165) is 40.3 Å². The molecule has 3 heterocycles. The van der Waals surface area contributed by atoms with Gasteiger partial charge in [-0.05, 0) is 30.2 Å². The van der Waals surface area contributed by atoms with Crippen LogP contribution in [0.2, 0.25) is 0 Å². The molecule has 1 aliphatic heterocycles. The van der Waals surface area contributed by atoms with Crippen LogP contribution < -0.4 is 16.0 Å². The van der Waals surface area contributed by atoms with Crippen LogP contribution in [0.3, 0.4) is 0 Å². The summed E-state index contributed by atoms with van der Waals surface area (Å²) >= 11 is 0. The summed E-state index contributed by atoms with van der Waals surface area (Å²) in [5, 5.41) is 9.08. The highest BCUT2D eigenvalue weighted by atomic mass is 16.2. The second-order valence-corrected chi connectivity index (χ2v) is 9.08. The van der Waals surface area contributed by atoms with Crippen molar-refractivity contribution in [1.82, 2.24) is 29.9 Å². The van der Waals surface area contributed by atoms with Crippen molar-refractivity contribution in [2.75, 3.05) is 38.0 Å². The van der Waals surface area contributed by atoms with Gasteiger partial charge in [-0.15, -0.1) is 0 Å². The van der Waals surface area contributed by atoms with Crippen LogP contribution in [-0.4, -0.2) is 63.9 Å². The molecule has 4 aromatic rings. The van der Waals surface area contributed by atoms with Gasteiger partial charge >= 0.3 is 6.03 Å². The van der Waals surface area contributed by atoms with Crippen LogP contribution in [-0.2, 0) is 0 Å². The Bertz CT molecular complexity index is 1380. The molecule has 0 spiro atoms. The van der Waals surface area contributed by atoms with Crippen molar-refractivity contribution >= 4 is 34.4 Å². The first kappa shape index (κ1) is 22.6. The van der Waals surface area contributed by atoms with Gasteiger partial charge in [0, 0.05) is 43.9 Å². The Morgan fingerprint density at radius 2 is 1.94 bits per heavy atom. The Hall–Kier alpha value is -4.14. The molecule has 0 radical (unpaired) electrons. The van der Waals surface area contributed by atoms with E-state index >= 15 is 0 Å². The van der Waals surface area contributed by atoms with Gasteiger partial charge in [0.15, 0.2) is 11.5 Å². The minimum absolute atomic E-state index is 0.0816. The number of hydrogen-bond acceptors (Lipinski definition) is 5. The molecule has 0 aliphatic carbocycles. The standard InChI is InChI=1S/C26H29N7O2/c1-17(2)15-29-23-24-30-16-22(33(24)21-6-4-3-5-20(21)31-23)18-7-9-19(10-8-18)25(34)27-11-13-32-14-12-28-26(32)35/h3-10,16-17H,11-15H2,1-2H3,(H,27,34)(H,28,35)(H,29,31). The van der Waals surface area contributed by atoms with E-state index in [1.54, 1.807) is 4.90 Å². The minimum Gasteiger partial charge on any atom is -0.367 e. The molecule has 0 bridgehead atoms. The van der Waals surface area contributed by atoms with Gasteiger partial charge in [0.25, 0.3) is 5.91 Å². The number of carbonyl (C=O) groups excluding carboxylic acids is 2. The number of para-hydroxylation sites is 2. The fraction of sp³-hybridized carbons (Fsp3) is 0.308. The molecule has 180 valence electrons. The zero-order valence-electron chi connectivity index (χ0n) is 19.9. The van der Waals surface area contributed by atoms with Gasteiger partial charge in [0.2, 0.25) is 0 Å². The fourth-order valence-electron chi connectivity index (χ4n) is 4.23. The first-order valence-corrected chi connectivity index (χ1v) is 11.9. The molecule has 2 aromatic heterocycles. The molecule has 0 unspecified atom stereocenters. The number of hydrogen-bond donors (Lipinski definition) is 3. The van der Waals surface area contributed by atoms with Gasteiger partial charge < -0.3 is 20.9 Å². The van der Waals surface area contributed by atoms with E-state index in [4.69, 9.17) is 4.98 Å².